The molecule has 5 N–H and O–H groups in total. The molecular formula is C12H10Cl2FN3O2S. The predicted octanol–water partition coefficient (Wildman–Crippen LogP) is 3.11. The maximum absolute atomic E-state index is 13.3. The van der Waals surface area contributed by atoms with E-state index in [2.05, 4.69) is 5.32 Å². The summed E-state index contributed by atoms with van der Waals surface area (Å²) in [5, 5.41) is 7.51. The lowest BCUT2D eigenvalue weighted by molar-refractivity contribution is 0.598. The highest BCUT2D eigenvalue weighted by Crippen LogP contribution is 2.31. The van der Waals surface area contributed by atoms with E-state index in [0.29, 0.717) is 5.69 Å². The average molecular weight is 350 g/mol. The third-order valence-corrected chi connectivity index (χ3v) is 4.08. The summed E-state index contributed by atoms with van der Waals surface area (Å²) in [5.74, 6) is -0.741. The zero-order chi connectivity index (χ0) is 15.8. The molecule has 0 bridgehead atoms. The van der Waals surface area contributed by atoms with E-state index in [-0.39, 0.29) is 26.3 Å². The Bertz CT molecular complexity index is 789. The fraction of sp³-hybridized carbons (Fsp3) is 0. The molecule has 0 aliphatic rings. The quantitative estimate of drug-likeness (QED) is 0.585. The Morgan fingerprint density at radius 3 is 2.19 bits per heavy atom. The summed E-state index contributed by atoms with van der Waals surface area (Å²) in [5.41, 5.74) is 6.65. The number of primary sulfonamides is 1. The van der Waals surface area contributed by atoms with Crippen LogP contribution in [0.15, 0.2) is 35.2 Å². The second-order valence-electron chi connectivity index (χ2n) is 4.17. The van der Waals surface area contributed by atoms with Gasteiger partial charge in [0.2, 0.25) is 10.0 Å². The molecular weight excluding hydrogens is 340 g/mol. The van der Waals surface area contributed by atoms with Crippen molar-refractivity contribution in [3.63, 3.8) is 0 Å². The first-order valence-corrected chi connectivity index (χ1v) is 7.82. The lowest BCUT2D eigenvalue weighted by Crippen LogP contribution is -2.12. The van der Waals surface area contributed by atoms with E-state index >= 15 is 0 Å². The number of halogens is 3. The number of nitrogens with one attached hydrogen (secondary N) is 1. The van der Waals surface area contributed by atoms with Crippen LogP contribution in [-0.2, 0) is 10.0 Å². The van der Waals surface area contributed by atoms with Gasteiger partial charge in [-0.15, -0.1) is 0 Å². The van der Waals surface area contributed by atoms with Gasteiger partial charge in [0.05, 0.1) is 26.3 Å². The number of benzene rings is 2. The van der Waals surface area contributed by atoms with Gasteiger partial charge in [-0.05, 0) is 30.3 Å². The van der Waals surface area contributed by atoms with Gasteiger partial charge in [0, 0.05) is 5.69 Å². The van der Waals surface area contributed by atoms with E-state index in [1.165, 1.54) is 30.3 Å². The zero-order valence-corrected chi connectivity index (χ0v) is 12.7. The molecule has 0 aromatic heterocycles. The summed E-state index contributed by atoms with van der Waals surface area (Å²) in [6.07, 6.45) is 0. The summed E-state index contributed by atoms with van der Waals surface area (Å²) >= 11 is 11.4. The van der Waals surface area contributed by atoms with Crippen LogP contribution < -0.4 is 16.2 Å². The summed E-state index contributed by atoms with van der Waals surface area (Å²) in [6, 6.07) is 6.52. The topological polar surface area (TPSA) is 98.2 Å². The molecule has 2 rings (SSSR count). The van der Waals surface area contributed by atoms with Crippen LogP contribution in [0.25, 0.3) is 0 Å². The number of hydrogen-bond acceptors (Lipinski definition) is 4. The van der Waals surface area contributed by atoms with E-state index in [9.17, 15) is 12.8 Å². The Hall–Kier alpha value is -1.54. The molecule has 0 heterocycles. The van der Waals surface area contributed by atoms with Crippen molar-refractivity contribution >= 4 is 50.3 Å². The molecule has 0 aliphatic heterocycles. The molecule has 0 saturated carbocycles. The molecule has 2 aromatic rings. The largest absolute Gasteiger partial charge is 0.397 e. The van der Waals surface area contributed by atoms with Gasteiger partial charge in [-0.1, -0.05) is 23.2 Å². The van der Waals surface area contributed by atoms with Crippen LogP contribution >= 0.6 is 23.2 Å². The number of hydrogen-bond donors (Lipinski definition) is 3. The van der Waals surface area contributed by atoms with E-state index in [0.717, 1.165) is 0 Å². The molecule has 0 saturated heterocycles. The van der Waals surface area contributed by atoms with Crippen LogP contribution in [0.5, 0.6) is 0 Å². The number of nitrogens with two attached hydrogens (primary N) is 2. The van der Waals surface area contributed by atoms with Gasteiger partial charge in [-0.25, -0.2) is 17.9 Å². The standard InChI is InChI=1S/C12H10Cl2FN3O2S/c13-8-3-6(4-9(14)12(8)15)18-11-5-7(21(17,19)20)1-2-10(11)16/h1-5,18H,16H2,(H2,17,19,20). The molecule has 0 atom stereocenters. The number of rotatable bonds is 3. The Balaban J connectivity index is 2.44. The highest BCUT2D eigenvalue weighted by Gasteiger charge is 2.12. The lowest BCUT2D eigenvalue weighted by atomic mass is 10.2. The predicted molar refractivity (Wildman–Crippen MR) is 81.9 cm³/mol. The summed E-state index contributed by atoms with van der Waals surface area (Å²) in [7, 11) is -3.87. The minimum Gasteiger partial charge on any atom is -0.397 e. The minimum atomic E-state index is -3.87. The van der Waals surface area contributed by atoms with Gasteiger partial charge >= 0.3 is 0 Å². The van der Waals surface area contributed by atoms with Gasteiger partial charge in [0.25, 0.3) is 0 Å². The molecule has 112 valence electrons. The SMILES string of the molecule is Nc1ccc(S(N)(=O)=O)cc1Nc1cc(Cl)c(F)c(Cl)c1. The van der Waals surface area contributed by atoms with Crippen molar-refractivity contribution in [2.45, 2.75) is 4.90 Å². The van der Waals surface area contributed by atoms with Crippen LogP contribution in [0.1, 0.15) is 0 Å². The third-order valence-electron chi connectivity index (χ3n) is 2.62. The minimum absolute atomic E-state index is 0.112. The maximum Gasteiger partial charge on any atom is 0.238 e. The molecule has 0 amide bonds. The first-order chi connectivity index (χ1) is 9.68. The lowest BCUT2D eigenvalue weighted by Gasteiger charge is -2.12. The van der Waals surface area contributed by atoms with E-state index in [1.807, 2.05) is 0 Å². The Morgan fingerprint density at radius 2 is 1.67 bits per heavy atom. The van der Waals surface area contributed by atoms with Crippen LogP contribution in [0.2, 0.25) is 10.0 Å². The second kappa shape index (κ2) is 5.69. The van der Waals surface area contributed by atoms with E-state index in [4.69, 9.17) is 34.1 Å². The second-order valence-corrected chi connectivity index (χ2v) is 6.55. The highest BCUT2D eigenvalue weighted by atomic mass is 35.5. The van der Waals surface area contributed by atoms with Crippen molar-refractivity contribution in [3.05, 3.63) is 46.2 Å². The number of nitrogen functional groups attached to an aromatic ring is 1. The fourth-order valence-electron chi connectivity index (χ4n) is 1.60. The maximum atomic E-state index is 13.3. The van der Waals surface area contributed by atoms with Crippen molar-refractivity contribution in [2.24, 2.45) is 5.14 Å². The van der Waals surface area contributed by atoms with Crippen LogP contribution in [0.4, 0.5) is 21.5 Å². The van der Waals surface area contributed by atoms with Gasteiger partial charge < -0.3 is 11.1 Å². The van der Waals surface area contributed by atoms with Crippen molar-refractivity contribution < 1.29 is 12.8 Å². The van der Waals surface area contributed by atoms with Crippen molar-refractivity contribution in [2.75, 3.05) is 11.1 Å². The van der Waals surface area contributed by atoms with Crippen molar-refractivity contribution in [3.8, 4) is 0 Å². The summed E-state index contributed by atoms with van der Waals surface area (Å²) in [4.78, 5) is -0.112. The van der Waals surface area contributed by atoms with Crippen LogP contribution in [0, 0.1) is 5.82 Å². The number of sulfonamides is 1. The van der Waals surface area contributed by atoms with Crippen LogP contribution in [-0.4, -0.2) is 8.42 Å². The molecule has 0 aliphatic carbocycles. The molecule has 21 heavy (non-hydrogen) atoms. The molecule has 2 aromatic carbocycles. The van der Waals surface area contributed by atoms with Gasteiger partial charge in [-0.3, -0.25) is 0 Å². The number of anilines is 3. The fourth-order valence-corrected chi connectivity index (χ4v) is 2.63. The molecule has 0 unspecified atom stereocenters. The molecule has 9 heteroatoms. The smallest absolute Gasteiger partial charge is 0.238 e. The third kappa shape index (κ3) is 3.56. The average Bonchev–Trinajstić information content (AvgIpc) is 2.37. The van der Waals surface area contributed by atoms with Gasteiger partial charge in [0.1, 0.15) is 0 Å². The van der Waals surface area contributed by atoms with E-state index < -0.39 is 15.8 Å². The van der Waals surface area contributed by atoms with E-state index in [1.54, 1.807) is 0 Å². The zero-order valence-electron chi connectivity index (χ0n) is 10.4. The highest BCUT2D eigenvalue weighted by molar-refractivity contribution is 7.89. The Kier molecular flexibility index (Phi) is 4.29. The van der Waals surface area contributed by atoms with Crippen molar-refractivity contribution in [1.82, 2.24) is 0 Å². The van der Waals surface area contributed by atoms with Crippen molar-refractivity contribution in [1.29, 1.82) is 0 Å². The summed E-state index contributed by atoms with van der Waals surface area (Å²) < 4.78 is 36.0. The summed E-state index contributed by atoms with van der Waals surface area (Å²) in [6.45, 7) is 0. The van der Waals surface area contributed by atoms with Gasteiger partial charge in [-0.2, -0.15) is 0 Å². The Morgan fingerprint density at radius 1 is 1.10 bits per heavy atom. The monoisotopic (exact) mass is 349 g/mol. The molecule has 0 radical (unpaired) electrons. The Labute approximate surface area is 130 Å². The molecule has 0 fully saturated rings. The first-order valence-electron chi connectivity index (χ1n) is 5.52. The normalized spacial score (nSPS) is 11.4. The van der Waals surface area contributed by atoms with Gasteiger partial charge in [0.15, 0.2) is 5.82 Å². The molecule has 5 nitrogen and oxygen atoms in total. The van der Waals surface area contributed by atoms with Crippen LogP contribution in [0.3, 0.4) is 0 Å². The first kappa shape index (κ1) is 15.8. The molecule has 0 spiro atoms.